The number of nitrogens with two attached hydrogens (primary N) is 1. The van der Waals surface area contributed by atoms with Crippen molar-refractivity contribution in [3.05, 3.63) is 41.7 Å². The van der Waals surface area contributed by atoms with Crippen molar-refractivity contribution in [1.29, 1.82) is 0 Å². The van der Waals surface area contributed by atoms with Crippen LogP contribution in [0.3, 0.4) is 0 Å². The Kier molecular flexibility index (Phi) is 33.9. The predicted molar refractivity (Wildman–Crippen MR) is 293 cm³/mol. The number of halogens is 1. The minimum Gasteiger partial charge on any atom is -0.483 e. The number of nitrogens with zero attached hydrogens (tertiary/aromatic N) is 5. The highest BCUT2D eigenvalue weighted by atomic mass is 127. The number of hydrazine groups is 1. The first-order valence-electron chi connectivity index (χ1n) is 24.9. The summed E-state index contributed by atoms with van der Waals surface area (Å²) < 4.78 is 19.4. The van der Waals surface area contributed by atoms with E-state index < -0.39 is 0 Å². The first-order chi connectivity index (χ1) is 33.0. The first kappa shape index (κ1) is 62.8. The number of hydrogen-bond acceptors (Lipinski definition) is 13. The molecule has 15 nitrogen and oxygen atoms in total. The van der Waals surface area contributed by atoms with Crippen LogP contribution in [-0.2, 0) is 41.6 Å². The van der Waals surface area contributed by atoms with E-state index >= 15 is 0 Å². The van der Waals surface area contributed by atoms with Gasteiger partial charge in [0.2, 0.25) is 6.41 Å². The van der Waals surface area contributed by atoms with E-state index in [1.807, 2.05) is 42.8 Å². The molecule has 68 heavy (non-hydrogen) atoms. The van der Waals surface area contributed by atoms with Crippen molar-refractivity contribution in [3.63, 3.8) is 0 Å². The molecule has 388 valence electrons. The van der Waals surface area contributed by atoms with E-state index in [0.29, 0.717) is 32.5 Å². The van der Waals surface area contributed by atoms with Gasteiger partial charge in [-0.05, 0) is 110 Å². The molecule has 5 N–H and O–H groups in total. The van der Waals surface area contributed by atoms with E-state index in [2.05, 4.69) is 110 Å². The van der Waals surface area contributed by atoms with Crippen LogP contribution in [0.15, 0.2) is 30.5 Å². The van der Waals surface area contributed by atoms with Crippen molar-refractivity contribution < 1.29 is 33.7 Å². The fourth-order valence-corrected chi connectivity index (χ4v) is 9.76. The van der Waals surface area contributed by atoms with Crippen LogP contribution in [-0.4, -0.2) is 130 Å². The second-order valence-corrected chi connectivity index (χ2v) is 19.8. The third-order valence-corrected chi connectivity index (χ3v) is 13.7. The van der Waals surface area contributed by atoms with Gasteiger partial charge in [0, 0.05) is 112 Å². The molecule has 2 unspecified atom stereocenters. The summed E-state index contributed by atoms with van der Waals surface area (Å²) in [5, 5.41) is 8.07. The van der Waals surface area contributed by atoms with Crippen molar-refractivity contribution in [1.82, 2.24) is 25.3 Å². The molecular weight excluding hydrogens is 996 g/mol. The van der Waals surface area contributed by atoms with E-state index in [-0.39, 0.29) is 24.0 Å². The number of piperazine rings is 1. The fraction of sp³-hybridized carbons (Fsp3) is 0.686. The molecule has 2 aliphatic rings. The summed E-state index contributed by atoms with van der Waals surface area (Å²) in [5.41, 5.74) is 19.5. The van der Waals surface area contributed by atoms with Crippen molar-refractivity contribution >= 4 is 71.8 Å². The molecule has 3 aromatic rings. The van der Waals surface area contributed by atoms with Gasteiger partial charge < -0.3 is 39.4 Å². The number of rotatable bonds is 28. The van der Waals surface area contributed by atoms with Crippen LogP contribution in [0.2, 0.25) is 0 Å². The number of methoxy groups -OCH3 is 2. The Hall–Kier alpha value is -3.20. The van der Waals surface area contributed by atoms with Crippen LogP contribution in [0.4, 0.5) is 11.4 Å². The number of benzene rings is 1. The SMILES string of the molecule is CC.CC.CCCSI.CCn1c(-c2cc(N3CCN(C4CC4)CC3)cnc2C(C)OC)c(CC(C)(C)COC=O)c2cc(N(CCOC)CCC(N)CCCCCNNC=O)ccc21.O=CO. The Morgan fingerprint density at radius 3 is 2.26 bits per heavy atom. The molecule has 5 rings (SSSR count). The largest absolute Gasteiger partial charge is 0.483 e. The van der Waals surface area contributed by atoms with E-state index in [0.717, 1.165) is 124 Å². The highest BCUT2D eigenvalue weighted by Gasteiger charge is 2.33. The molecule has 0 radical (unpaired) electrons. The van der Waals surface area contributed by atoms with Gasteiger partial charge in [0.15, 0.2) is 0 Å². The number of aromatic nitrogens is 2. The summed E-state index contributed by atoms with van der Waals surface area (Å²) in [5.74, 6) is 1.29. The zero-order chi connectivity index (χ0) is 50.9. The predicted octanol–water partition coefficient (Wildman–Crippen LogP) is 9.67. The van der Waals surface area contributed by atoms with Crippen LogP contribution in [0.5, 0.6) is 0 Å². The van der Waals surface area contributed by atoms with Crippen LogP contribution < -0.4 is 26.4 Å². The Balaban J connectivity index is 0.00000174. The van der Waals surface area contributed by atoms with Crippen molar-refractivity contribution in [2.75, 3.05) is 88.8 Å². The standard InChI is InChI=1S/C43H68N8O5.C3H7IS.2C2H6.CH2O2/c1-7-51-40-15-14-35(48(23-24-54-5)18-16-33(44)11-9-8-10-17-46-47-30-52)25-37(40)39(27-43(3,4)29-56-31-53)42(51)38-26-36(28-45-41(38)32(2)55-6)50-21-19-49(20-22-50)34-12-13-34;1-2-3-5-4;2*1-2;2-1-3/h14-15,25-26,28,30-34,46H,7-13,16-24,27,29,44H2,1-6H3,(H,47,52);2-3H2,1H3;2*1-2H3;1H,(H,2,3). The Labute approximate surface area is 426 Å². The number of carbonyl (C=O) groups excluding carboxylic acids is 2. The third kappa shape index (κ3) is 21.4. The van der Waals surface area contributed by atoms with Gasteiger partial charge in [-0.2, -0.15) is 0 Å². The number of anilines is 2. The molecule has 3 heterocycles. The maximum atomic E-state index is 11.4. The highest BCUT2D eigenvalue weighted by molar-refractivity contribution is 14.2. The number of amides is 1. The minimum absolute atomic E-state index is 0.0875. The van der Waals surface area contributed by atoms with Gasteiger partial charge in [-0.3, -0.25) is 29.7 Å². The molecule has 1 saturated heterocycles. The van der Waals surface area contributed by atoms with Gasteiger partial charge in [0.1, 0.15) is 0 Å². The summed E-state index contributed by atoms with van der Waals surface area (Å²) >= 11 is 2.30. The number of hydrogen-bond donors (Lipinski definition) is 4. The minimum atomic E-state index is -0.334. The summed E-state index contributed by atoms with van der Waals surface area (Å²) in [7, 11) is 5.36. The van der Waals surface area contributed by atoms with Crippen LogP contribution in [0.25, 0.3) is 22.2 Å². The number of nitrogens with one attached hydrogen (secondary N) is 2. The molecule has 1 amide bonds. The summed E-state index contributed by atoms with van der Waals surface area (Å²) in [4.78, 5) is 42.9. The Morgan fingerprint density at radius 1 is 1.01 bits per heavy atom. The van der Waals surface area contributed by atoms with Gasteiger partial charge >= 0.3 is 0 Å². The van der Waals surface area contributed by atoms with Crippen molar-refractivity contribution in [3.8, 4) is 11.3 Å². The lowest BCUT2D eigenvalue weighted by molar-refractivity contribution is -0.131. The lowest BCUT2D eigenvalue weighted by atomic mass is 9.84. The second-order valence-electron chi connectivity index (χ2n) is 17.3. The zero-order valence-corrected chi connectivity index (χ0v) is 46.5. The number of carboxylic acid groups (broad SMARTS) is 1. The molecule has 1 aliphatic heterocycles. The Bertz CT molecular complexity index is 1810. The molecule has 1 aromatic carbocycles. The van der Waals surface area contributed by atoms with Crippen LogP contribution in [0, 0.1) is 5.41 Å². The normalized spacial score (nSPS) is 14.3. The van der Waals surface area contributed by atoms with Gasteiger partial charge in [0.25, 0.3) is 12.9 Å². The van der Waals surface area contributed by atoms with Gasteiger partial charge in [-0.25, -0.2) is 5.43 Å². The van der Waals surface area contributed by atoms with E-state index in [1.54, 1.807) is 14.2 Å². The van der Waals surface area contributed by atoms with E-state index in [1.165, 1.54) is 36.0 Å². The van der Waals surface area contributed by atoms with Gasteiger partial charge in [0.05, 0.1) is 42.6 Å². The maximum absolute atomic E-state index is 11.4. The quantitative estimate of drug-likeness (QED) is 0.0234. The lowest BCUT2D eigenvalue weighted by Gasteiger charge is -2.36. The number of unbranched alkanes of at least 4 members (excludes halogenated alkanes) is 2. The van der Waals surface area contributed by atoms with Crippen LogP contribution in [0.1, 0.15) is 131 Å². The van der Waals surface area contributed by atoms with Crippen LogP contribution >= 0.6 is 30.1 Å². The molecule has 2 fully saturated rings. The fourth-order valence-electron chi connectivity index (χ4n) is 8.29. The third-order valence-electron chi connectivity index (χ3n) is 11.8. The summed E-state index contributed by atoms with van der Waals surface area (Å²) in [6.07, 6.45) is 12.0. The molecule has 17 heteroatoms. The molecular formula is C51H89IN8O7S. The number of fused-ring (bicyclic) bond motifs is 1. The topological polar surface area (TPSA) is 177 Å². The first-order valence-corrected chi connectivity index (χ1v) is 28.5. The lowest BCUT2D eigenvalue weighted by Crippen LogP contribution is -2.47. The molecule has 2 aromatic heterocycles. The zero-order valence-electron chi connectivity index (χ0n) is 43.5. The summed E-state index contributed by atoms with van der Waals surface area (Å²) in [6, 6.07) is 10.0. The highest BCUT2D eigenvalue weighted by Crippen LogP contribution is 2.43. The van der Waals surface area contributed by atoms with Crippen molar-refractivity contribution in [2.45, 2.75) is 145 Å². The molecule has 2 atom stereocenters. The second kappa shape index (κ2) is 36.7. The number of ether oxygens (including phenoxy) is 3. The summed E-state index contributed by atoms with van der Waals surface area (Å²) in [6.45, 7) is 27.2. The van der Waals surface area contributed by atoms with Gasteiger partial charge in [-0.15, -0.1) is 0 Å². The molecule has 1 saturated carbocycles. The average Bonchev–Trinajstić information content (AvgIpc) is 4.17. The Morgan fingerprint density at radius 2 is 1.71 bits per heavy atom. The number of carbonyl (C=O) groups is 3. The van der Waals surface area contributed by atoms with Gasteiger partial charge in [-0.1, -0.05) is 70.2 Å². The van der Waals surface area contributed by atoms with Crippen molar-refractivity contribution in [2.24, 2.45) is 11.1 Å². The number of pyridine rings is 1. The van der Waals surface area contributed by atoms with E-state index in [4.69, 9.17) is 34.8 Å². The maximum Gasteiger partial charge on any atom is 0.293 e. The number of aryl methyl sites for hydroxylation is 1. The van der Waals surface area contributed by atoms with E-state index in [9.17, 15) is 9.59 Å². The molecule has 0 bridgehead atoms. The smallest absolute Gasteiger partial charge is 0.293 e. The monoisotopic (exact) mass is 1080 g/mol. The molecule has 1 aliphatic carbocycles. The molecule has 0 spiro atoms. The average molecular weight is 1090 g/mol.